The van der Waals surface area contributed by atoms with E-state index in [1.54, 1.807) is 35.2 Å². The Morgan fingerprint density at radius 3 is 2.68 bits per heavy atom. The van der Waals surface area contributed by atoms with Gasteiger partial charge in [-0.1, -0.05) is 0 Å². The fraction of sp³-hybridized carbons (Fsp3) is 0.357. The molecule has 1 aliphatic rings. The van der Waals surface area contributed by atoms with Gasteiger partial charge in [0.15, 0.2) is 0 Å². The Kier molecular flexibility index (Phi) is 3.86. The summed E-state index contributed by atoms with van der Waals surface area (Å²) in [6.07, 6.45) is 2.50. The van der Waals surface area contributed by atoms with Crippen LogP contribution in [0.25, 0.3) is 0 Å². The summed E-state index contributed by atoms with van der Waals surface area (Å²) in [6.45, 7) is 0.588. The molecule has 1 saturated carbocycles. The number of rotatable bonds is 5. The summed E-state index contributed by atoms with van der Waals surface area (Å²) in [5.41, 5.74) is 7.00. The molecule has 3 rings (SSSR count). The molecule has 1 fully saturated rings. The van der Waals surface area contributed by atoms with Crippen LogP contribution in [0, 0.1) is 5.82 Å². The summed E-state index contributed by atoms with van der Waals surface area (Å²) < 4.78 is 12.8. The Morgan fingerprint density at radius 1 is 1.32 bits per heavy atom. The zero-order valence-corrected chi connectivity index (χ0v) is 12.1. The molecule has 1 aromatic carbocycles. The quantitative estimate of drug-likeness (QED) is 0.850. The molecule has 1 heterocycles. The van der Waals surface area contributed by atoms with Crippen molar-refractivity contribution in [3.63, 3.8) is 0 Å². The number of aromatic nitrogens is 1. The van der Waals surface area contributed by atoms with Crippen molar-refractivity contribution in [3.8, 4) is 0 Å². The first-order chi connectivity index (χ1) is 9.26. The Balaban J connectivity index is 1.67. The third-order valence-corrected chi connectivity index (χ3v) is 5.40. The normalized spacial score (nSPS) is 14.8. The van der Waals surface area contributed by atoms with E-state index < -0.39 is 0 Å². The van der Waals surface area contributed by atoms with E-state index in [0.717, 1.165) is 15.7 Å². The van der Waals surface area contributed by atoms with Crippen molar-refractivity contribution < 1.29 is 4.39 Å². The minimum atomic E-state index is -0.194. The molecular weight excluding hydrogens is 279 g/mol. The molecule has 0 bridgehead atoms. The lowest BCUT2D eigenvalue weighted by molar-refractivity contribution is 0.626. The maximum absolute atomic E-state index is 12.8. The highest BCUT2D eigenvalue weighted by Crippen LogP contribution is 2.43. The first-order valence-electron chi connectivity index (χ1n) is 6.33. The van der Waals surface area contributed by atoms with Crippen molar-refractivity contribution in [2.24, 2.45) is 5.73 Å². The van der Waals surface area contributed by atoms with E-state index in [-0.39, 0.29) is 5.82 Å². The number of thioether (sulfide) groups is 1. The second-order valence-electron chi connectivity index (χ2n) is 4.64. The van der Waals surface area contributed by atoms with E-state index in [4.69, 9.17) is 10.7 Å². The smallest absolute Gasteiger partial charge is 0.123 e. The second kappa shape index (κ2) is 5.61. The van der Waals surface area contributed by atoms with Crippen LogP contribution < -0.4 is 5.73 Å². The fourth-order valence-corrected chi connectivity index (χ4v) is 3.90. The molecule has 0 amide bonds. The topological polar surface area (TPSA) is 38.9 Å². The minimum Gasteiger partial charge on any atom is -0.326 e. The molecule has 1 aromatic heterocycles. The van der Waals surface area contributed by atoms with Gasteiger partial charge in [0, 0.05) is 22.2 Å². The number of hydrogen-bond acceptors (Lipinski definition) is 4. The molecule has 2 N–H and O–H groups in total. The van der Waals surface area contributed by atoms with E-state index in [1.165, 1.54) is 35.5 Å². The Hall–Kier alpha value is -0.910. The van der Waals surface area contributed by atoms with E-state index in [2.05, 4.69) is 0 Å². The van der Waals surface area contributed by atoms with Crippen LogP contribution in [0.15, 0.2) is 29.2 Å². The highest BCUT2D eigenvalue weighted by Gasteiger charge is 2.29. The van der Waals surface area contributed by atoms with E-state index in [1.807, 2.05) is 0 Å². The average molecular weight is 294 g/mol. The maximum atomic E-state index is 12.8. The van der Waals surface area contributed by atoms with Crippen molar-refractivity contribution in [1.82, 2.24) is 4.98 Å². The van der Waals surface area contributed by atoms with Crippen LogP contribution in [0.5, 0.6) is 0 Å². The van der Waals surface area contributed by atoms with Crippen LogP contribution in [0.1, 0.15) is 34.3 Å². The van der Waals surface area contributed by atoms with E-state index in [9.17, 15) is 4.39 Å². The third kappa shape index (κ3) is 3.16. The molecule has 0 spiro atoms. The fourth-order valence-electron chi connectivity index (χ4n) is 1.97. The molecule has 5 heteroatoms. The summed E-state index contributed by atoms with van der Waals surface area (Å²) in [4.78, 5) is 7.02. The predicted molar refractivity (Wildman–Crippen MR) is 77.9 cm³/mol. The standard InChI is InChI=1S/C14H15FN2S2/c15-10-3-5-11(6-4-10)18-8-13-17-14(9-1-2-9)12(7-16)19-13/h3-6,9H,1-2,7-8,16H2. The largest absolute Gasteiger partial charge is 0.326 e. The number of hydrogen-bond donors (Lipinski definition) is 1. The lowest BCUT2D eigenvalue weighted by Crippen LogP contribution is -1.96. The summed E-state index contributed by atoms with van der Waals surface area (Å²) in [6, 6.07) is 6.59. The molecule has 0 saturated heterocycles. The van der Waals surface area contributed by atoms with E-state index in [0.29, 0.717) is 12.5 Å². The number of thiazole rings is 1. The van der Waals surface area contributed by atoms with Gasteiger partial charge in [-0.15, -0.1) is 23.1 Å². The van der Waals surface area contributed by atoms with Crippen molar-refractivity contribution >= 4 is 23.1 Å². The number of halogens is 1. The lowest BCUT2D eigenvalue weighted by Gasteiger charge is -1.98. The molecule has 2 nitrogen and oxygen atoms in total. The Bertz CT molecular complexity index is 561. The van der Waals surface area contributed by atoms with Crippen molar-refractivity contribution in [2.75, 3.05) is 0 Å². The average Bonchev–Trinajstić information content (AvgIpc) is 3.19. The molecule has 0 aliphatic heterocycles. The van der Waals surface area contributed by atoms with Crippen LogP contribution in [-0.2, 0) is 12.3 Å². The molecule has 100 valence electrons. The van der Waals surface area contributed by atoms with Gasteiger partial charge in [-0.05, 0) is 37.1 Å². The summed E-state index contributed by atoms with van der Waals surface area (Å²) in [7, 11) is 0. The highest BCUT2D eigenvalue weighted by atomic mass is 32.2. The molecule has 2 aromatic rings. The third-order valence-electron chi connectivity index (χ3n) is 3.10. The van der Waals surface area contributed by atoms with Crippen LogP contribution >= 0.6 is 23.1 Å². The SMILES string of the molecule is NCc1sc(CSc2ccc(F)cc2)nc1C1CC1. The van der Waals surface area contributed by atoms with Gasteiger partial charge < -0.3 is 5.73 Å². The summed E-state index contributed by atoms with van der Waals surface area (Å²) in [5, 5.41) is 1.12. The zero-order chi connectivity index (χ0) is 13.2. The van der Waals surface area contributed by atoms with Gasteiger partial charge in [0.1, 0.15) is 10.8 Å². The van der Waals surface area contributed by atoms with Crippen LogP contribution in [-0.4, -0.2) is 4.98 Å². The Morgan fingerprint density at radius 2 is 2.05 bits per heavy atom. The first kappa shape index (κ1) is 13.1. The van der Waals surface area contributed by atoms with Gasteiger partial charge in [-0.3, -0.25) is 0 Å². The molecule has 19 heavy (non-hydrogen) atoms. The van der Waals surface area contributed by atoms with Crippen LogP contribution in [0.3, 0.4) is 0 Å². The maximum Gasteiger partial charge on any atom is 0.123 e. The van der Waals surface area contributed by atoms with E-state index >= 15 is 0 Å². The lowest BCUT2D eigenvalue weighted by atomic mass is 10.2. The zero-order valence-electron chi connectivity index (χ0n) is 10.4. The van der Waals surface area contributed by atoms with Gasteiger partial charge in [0.2, 0.25) is 0 Å². The van der Waals surface area contributed by atoms with Crippen molar-refractivity contribution in [1.29, 1.82) is 0 Å². The van der Waals surface area contributed by atoms with Crippen molar-refractivity contribution in [2.45, 2.75) is 36.0 Å². The van der Waals surface area contributed by atoms with Gasteiger partial charge in [0.05, 0.1) is 11.4 Å². The molecule has 0 atom stereocenters. The molecule has 1 aliphatic carbocycles. The summed E-state index contributed by atoms with van der Waals surface area (Å²) >= 11 is 3.41. The Labute approximate surface area is 120 Å². The van der Waals surface area contributed by atoms with Gasteiger partial charge in [-0.25, -0.2) is 9.37 Å². The van der Waals surface area contributed by atoms with Gasteiger partial charge in [-0.2, -0.15) is 0 Å². The minimum absolute atomic E-state index is 0.194. The summed E-state index contributed by atoms with van der Waals surface area (Å²) in [5.74, 6) is 1.29. The monoisotopic (exact) mass is 294 g/mol. The molecular formula is C14H15FN2S2. The molecule has 0 unspecified atom stereocenters. The van der Waals surface area contributed by atoms with Gasteiger partial charge >= 0.3 is 0 Å². The number of benzene rings is 1. The van der Waals surface area contributed by atoms with Crippen molar-refractivity contribution in [3.05, 3.63) is 45.7 Å². The number of nitrogens with zero attached hydrogens (tertiary/aromatic N) is 1. The van der Waals surface area contributed by atoms with Gasteiger partial charge in [0.25, 0.3) is 0 Å². The van der Waals surface area contributed by atoms with Crippen LogP contribution in [0.2, 0.25) is 0 Å². The molecule has 0 radical (unpaired) electrons. The second-order valence-corrected chi connectivity index (χ2v) is 6.85. The number of nitrogens with two attached hydrogens (primary N) is 1. The van der Waals surface area contributed by atoms with Crippen LogP contribution in [0.4, 0.5) is 4.39 Å². The first-order valence-corrected chi connectivity index (χ1v) is 8.13. The predicted octanol–water partition coefficient (Wildman–Crippen LogP) is 3.91. The highest BCUT2D eigenvalue weighted by molar-refractivity contribution is 7.98.